The Morgan fingerprint density at radius 3 is 2.63 bits per heavy atom. The summed E-state index contributed by atoms with van der Waals surface area (Å²) in [7, 11) is 1.68. The van der Waals surface area contributed by atoms with Crippen LogP contribution in [0.4, 0.5) is 0 Å². The van der Waals surface area contributed by atoms with E-state index in [1.807, 2.05) is 31.2 Å². The minimum absolute atomic E-state index is 0.473. The van der Waals surface area contributed by atoms with Crippen LogP contribution in [-0.2, 0) is 9.47 Å². The summed E-state index contributed by atoms with van der Waals surface area (Å²) in [5.74, 6) is 0.734. The van der Waals surface area contributed by atoms with E-state index in [9.17, 15) is 5.11 Å². The van der Waals surface area contributed by atoms with Gasteiger partial charge in [0.25, 0.3) is 0 Å². The van der Waals surface area contributed by atoms with Crippen molar-refractivity contribution in [1.82, 2.24) is 0 Å². The molecular formula is C15H24O4. The molecule has 4 nitrogen and oxygen atoms in total. The molecule has 0 aromatic heterocycles. The van der Waals surface area contributed by atoms with E-state index in [4.69, 9.17) is 14.2 Å². The lowest BCUT2D eigenvalue weighted by Gasteiger charge is -2.14. The number of methoxy groups -OCH3 is 1. The lowest BCUT2D eigenvalue weighted by Crippen LogP contribution is -2.10. The van der Waals surface area contributed by atoms with Gasteiger partial charge in [0.05, 0.1) is 12.7 Å². The third-order valence-corrected chi connectivity index (χ3v) is 2.79. The molecule has 0 aliphatic carbocycles. The van der Waals surface area contributed by atoms with E-state index in [1.165, 1.54) is 0 Å². The van der Waals surface area contributed by atoms with Crippen LogP contribution in [0.25, 0.3) is 0 Å². The lowest BCUT2D eigenvalue weighted by atomic mass is 10.1. The number of ether oxygens (including phenoxy) is 3. The van der Waals surface area contributed by atoms with Crippen LogP contribution in [0.2, 0.25) is 0 Å². The molecule has 1 N–H and O–H groups in total. The fourth-order valence-electron chi connectivity index (χ4n) is 1.73. The summed E-state index contributed by atoms with van der Waals surface area (Å²) in [6, 6.07) is 7.57. The Morgan fingerprint density at radius 1 is 1.11 bits per heavy atom. The molecule has 0 radical (unpaired) electrons. The molecule has 0 aliphatic heterocycles. The van der Waals surface area contributed by atoms with Crippen molar-refractivity contribution in [3.63, 3.8) is 0 Å². The molecule has 0 spiro atoms. The van der Waals surface area contributed by atoms with Crippen molar-refractivity contribution in [2.45, 2.75) is 25.9 Å². The SMILES string of the molecule is CCC(O)c1ccccc1OCCOCCCOC. The van der Waals surface area contributed by atoms with Crippen molar-refractivity contribution in [1.29, 1.82) is 0 Å². The van der Waals surface area contributed by atoms with Gasteiger partial charge >= 0.3 is 0 Å². The van der Waals surface area contributed by atoms with Crippen LogP contribution in [-0.4, -0.2) is 38.6 Å². The first-order chi connectivity index (χ1) is 9.29. The summed E-state index contributed by atoms with van der Waals surface area (Å²) in [5, 5.41) is 9.88. The second-order valence-corrected chi connectivity index (χ2v) is 4.27. The highest BCUT2D eigenvalue weighted by atomic mass is 16.5. The summed E-state index contributed by atoms with van der Waals surface area (Å²) < 4.78 is 16.0. The molecule has 0 bridgehead atoms. The van der Waals surface area contributed by atoms with E-state index in [0.29, 0.717) is 32.8 Å². The van der Waals surface area contributed by atoms with Gasteiger partial charge in [-0.3, -0.25) is 0 Å². The Hall–Kier alpha value is -1.10. The van der Waals surface area contributed by atoms with Crippen LogP contribution in [0.1, 0.15) is 31.4 Å². The number of aliphatic hydroxyl groups excluding tert-OH is 1. The van der Waals surface area contributed by atoms with Crippen LogP contribution < -0.4 is 4.74 Å². The van der Waals surface area contributed by atoms with E-state index in [-0.39, 0.29) is 0 Å². The van der Waals surface area contributed by atoms with Crippen molar-refractivity contribution in [2.24, 2.45) is 0 Å². The predicted molar refractivity (Wildman–Crippen MR) is 74.5 cm³/mol. The zero-order valence-electron chi connectivity index (χ0n) is 11.8. The van der Waals surface area contributed by atoms with Gasteiger partial charge in [-0.1, -0.05) is 25.1 Å². The van der Waals surface area contributed by atoms with Crippen molar-refractivity contribution >= 4 is 0 Å². The van der Waals surface area contributed by atoms with E-state index >= 15 is 0 Å². The summed E-state index contributed by atoms with van der Waals surface area (Å²) in [4.78, 5) is 0. The minimum Gasteiger partial charge on any atom is -0.491 e. The van der Waals surface area contributed by atoms with Crippen LogP contribution in [0.15, 0.2) is 24.3 Å². The first-order valence-corrected chi connectivity index (χ1v) is 6.76. The number of hydrogen-bond donors (Lipinski definition) is 1. The summed E-state index contributed by atoms with van der Waals surface area (Å²) in [5.41, 5.74) is 0.837. The molecule has 0 saturated carbocycles. The number of para-hydroxylation sites is 1. The number of benzene rings is 1. The Morgan fingerprint density at radius 2 is 1.89 bits per heavy atom. The van der Waals surface area contributed by atoms with Crippen molar-refractivity contribution in [3.8, 4) is 5.75 Å². The molecule has 0 saturated heterocycles. The zero-order chi connectivity index (χ0) is 13.9. The average molecular weight is 268 g/mol. The molecule has 0 aliphatic rings. The number of aliphatic hydroxyl groups is 1. The van der Waals surface area contributed by atoms with E-state index in [1.54, 1.807) is 7.11 Å². The van der Waals surface area contributed by atoms with E-state index < -0.39 is 6.10 Å². The Bertz CT molecular complexity index is 341. The largest absolute Gasteiger partial charge is 0.491 e. The maximum Gasteiger partial charge on any atom is 0.125 e. The summed E-state index contributed by atoms with van der Waals surface area (Å²) in [6.07, 6.45) is 1.09. The predicted octanol–water partition coefficient (Wildman–Crippen LogP) is 2.56. The molecule has 0 fully saturated rings. The van der Waals surface area contributed by atoms with Crippen LogP contribution >= 0.6 is 0 Å². The van der Waals surface area contributed by atoms with Gasteiger partial charge in [0.1, 0.15) is 12.4 Å². The Labute approximate surface area is 115 Å². The Balaban J connectivity index is 2.29. The van der Waals surface area contributed by atoms with Crippen LogP contribution in [0.5, 0.6) is 5.75 Å². The van der Waals surface area contributed by atoms with Gasteiger partial charge in [-0.25, -0.2) is 0 Å². The fraction of sp³-hybridized carbons (Fsp3) is 0.600. The molecule has 19 heavy (non-hydrogen) atoms. The molecule has 1 atom stereocenters. The van der Waals surface area contributed by atoms with E-state index in [2.05, 4.69) is 0 Å². The van der Waals surface area contributed by atoms with E-state index in [0.717, 1.165) is 17.7 Å². The smallest absolute Gasteiger partial charge is 0.125 e. The highest BCUT2D eigenvalue weighted by Gasteiger charge is 2.10. The maximum atomic E-state index is 9.88. The monoisotopic (exact) mass is 268 g/mol. The number of hydrogen-bond acceptors (Lipinski definition) is 4. The Kier molecular flexibility index (Phi) is 8.21. The van der Waals surface area contributed by atoms with Crippen LogP contribution in [0, 0.1) is 0 Å². The fourth-order valence-corrected chi connectivity index (χ4v) is 1.73. The van der Waals surface area contributed by atoms with Gasteiger partial charge in [0, 0.05) is 25.9 Å². The molecule has 1 aromatic carbocycles. The van der Waals surface area contributed by atoms with Crippen molar-refractivity contribution in [3.05, 3.63) is 29.8 Å². The summed E-state index contributed by atoms with van der Waals surface area (Å²) >= 11 is 0. The zero-order valence-corrected chi connectivity index (χ0v) is 11.8. The third kappa shape index (κ3) is 6.05. The van der Waals surface area contributed by atoms with Gasteiger partial charge in [0.2, 0.25) is 0 Å². The maximum absolute atomic E-state index is 9.88. The molecule has 1 rings (SSSR count). The lowest BCUT2D eigenvalue weighted by molar-refractivity contribution is 0.0792. The summed E-state index contributed by atoms with van der Waals surface area (Å²) in [6.45, 7) is 4.36. The normalized spacial score (nSPS) is 12.4. The van der Waals surface area contributed by atoms with Gasteiger partial charge in [-0.15, -0.1) is 0 Å². The van der Waals surface area contributed by atoms with Gasteiger partial charge in [0.15, 0.2) is 0 Å². The first-order valence-electron chi connectivity index (χ1n) is 6.76. The van der Waals surface area contributed by atoms with Crippen LogP contribution in [0.3, 0.4) is 0 Å². The molecule has 4 heteroatoms. The minimum atomic E-state index is -0.473. The second kappa shape index (κ2) is 9.78. The molecule has 1 unspecified atom stereocenters. The topological polar surface area (TPSA) is 47.9 Å². The van der Waals surface area contributed by atoms with Gasteiger partial charge in [-0.05, 0) is 18.9 Å². The quantitative estimate of drug-likeness (QED) is 0.663. The second-order valence-electron chi connectivity index (χ2n) is 4.27. The standard InChI is InChI=1S/C15H24O4/c1-3-14(16)13-7-4-5-8-15(13)19-12-11-18-10-6-9-17-2/h4-5,7-8,14,16H,3,6,9-12H2,1-2H3. The van der Waals surface area contributed by atoms with Gasteiger partial charge in [-0.2, -0.15) is 0 Å². The highest BCUT2D eigenvalue weighted by molar-refractivity contribution is 5.34. The molecule has 1 aromatic rings. The van der Waals surface area contributed by atoms with Gasteiger partial charge < -0.3 is 19.3 Å². The molecule has 0 heterocycles. The molecular weight excluding hydrogens is 244 g/mol. The van der Waals surface area contributed by atoms with Crippen molar-refractivity contribution in [2.75, 3.05) is 33.5 Å². The highest BCUT2D eigenvalue weighted by Crippen LogP contribution is 2.26. The molecule has 0 amide bonds. The molecule has 108 valence electrons. The first kappa shape index (κ1) is 16.0. The average Bonchev–Trinajstić information content (AvgIpc) is 2.46. The van der Waals surface area contributed by atoms with Crippen molar-refractivity contribution < 1.29 is 19.3 Å². The number of rotatable bonds is 10. The third-order valence-electron chi connectivity index (χ3n) is 2.79.